The predicted molar refractivity (Wildman–Crippen MR) is 40.9 cm³/mol. The summed E-state index contributed by atoms with van der Waals surface area (Å²) in [7, 11) is 0. The van der Waals surface area contributed by atoms with E-state index in [2.05, 4.69) is 4.74 Å². The maximum Gasteiger partial charge on any atom is 1.00 e. The molecule has 0 radical (unpaired) electrons. The summed E-state index contributed by atoms with van der Waals surface area (Å²) in [5.74, 6) is -3.29. The van der Waals surface area contributed by atoms with Crippen molar-refractivity contribution in [2.75, 3.05) is 6.51 Å². The van der Waals surface area contributed by atoms with Crippen molar-refractivity contribution in [3.63, 3.8) is 0 Å². The first-order chi connectivity index (χ1) is 6.40. The molecular weight excluding hydrogens is 245 g/mol. The average molecular weight is 250 g/mol. The number of hydrogen-bond donors (Lipinski definition) is 0. The van der Waals surface area contributed by atoms with E-state index in [1.165, 1.54) is 0 Å². The van der Waals surface area contributed by atoms with E-state index in [-0.39, 0.29) is 51.4 Å². The average Bonchev–Trinajstić information content (AvgIpc) is 2.01. The number of halogens is 5. The Hall–Kier alpha value is 0.371. The van der Waals surface area contributed by atoms with Crippen molar-refractivity contribution in [2.45, 2.75) is 0 Å². The predicted octanol–water partition coefficient (Wildman–Crippen LogP) is -0.266. The van der Waals surface area contributed by atoms with Gasteiger partial charge in [-0.3, -0.25) is 0 Å². The van der Waals surface area contributed by atoms with Crippen LogP contribution in [0.25, 0.3) is 0 Å². The van der Waals surface area contributed by atoms with Gasteiger partial charge in [-0.15, -0.1) is 0 Å². The van der Waals surface area contributed by atoms with E-state index in [1.807, 2.05) is 0 Å². The molecule has 0 unspecified atom stereocenters. The van der Waals surface area contributed by atoms with Gasteiger partial charge >= 0.3 is 58.4 Å². The first kappa shape index (κ1) is 15.4. The molecule has 0 aliphatic rings. The maximum absolute atomic E-state index is 12.7. The van der Waals surface area contributed by atoms with Crippen LogP contribution in [-0.2, 0) is 0 Å². The molecule has 8 heteroatoms. The second-order valence-electron chi connectivity index (χ2n) is 2.57. The van der Waals surface area contributed by atoms with Gasteiger partial charge in [-0.25, -0.2) is 8.78 Å². The van der Waals surface area contributed by atoms with E-state index >= 15 is 0 Å². The molecule has 0 aliphatic heterocycles. The first-order valence-electron chi connectivity index (χ1n) is 3.68. The fourth-order valence-electron chi connectivity index (χ4n) is 0.798. The smallest absolute Gasteiger partial charge is 0.517 e. The van der Waals surface area contributed by atoms with Crippen LogP contribution in [0.15, 0.2) is 18.2 Å². The molecule has 0 atom stereocenters. The summed E-state index contributed by atoms with van der Waals surface area (Å²) in [5, 5.41) is 0. The molecule has 1 aromatic rings. The molecule has 0 saturated heterocycles. The zero-order valence-electron chi connectivity index (χ0n) is 7.81. The van der Waals surface area contributed by atoms with E-state index in [1.54, 1.807) is 0 Å². The van der Waals surface area contributed by atoms with Crippen molar-refractivity contribution < 1.29 is 77.8 Å². The monoisotopic (exact) mass is 250 g/mol. The zero-order valence-corrected chi connectivity index (χ0v) is 10.9. The fourth-order valence-corrected chi connectivity index (χ4v) is 0.798. The van der Waals surface area contributed by atoms with Crippen molar-refractivity contribution in [3.05, 3.63) is 29.8 Å². The standard InChI is InChI=1S/C7H5BF5O.K/c9-5-2-1-3-6(10)7(5)14-4-8(11,12)13;/h1-3H,4H2;/q-1;+1. The molecule has 0 N–H and O–H groups in total. The zero-order chi connectivity index (χ0) is 10.8. The molecule has 0 heterocycles. The summed E-state index contributed by atoms with van der Waals surface area (Å²) in [4.78, 5) is 0. The van der Waals surface area contributed by atoms with Crippen LogP contribution in [-0.4, -0.2) is 13.5 Å². The Kier molecular flexibility index (Phi) is 6.34. The van der Waals surface area contributed by atoms with Crippen LogP contribution in [0.2, 0.25) is 0 Å². The molecule has 15 heavy (non-hydrogen) atoms. The van der Waals surface area contributed by atoms with E-state index in [0.29, 0.717) is 0 Å². The third-order valence-corrected chi connectivity index (χ3v) is 1.34. The second-order valence-corrected chi connectivity index (χ2v) is 2.57. The first-order valence-corrected chi connectivity index (χ1v) is 3.68. The van der Waals surface area contributed by atoms with Crippen LogP contribution >= 0.6 is 0 Å². The van der Waals surface area contributed by atoms with Crippen molar-refractivity contribution in [3.8, 4) is 5.75 Å². The number of rotatable bonds is 3. The molecular formula is C7H5BF5KO. The third-order valence-electron chi connectivity index (χ3n) is 1.34. The second kappa shape index (κ2) is 6.19. The van der Waals surface area contributed by atoms with E-state index < -0.39 is 30.9 Å². The molecule has 1 nitrogen and oxygen atoms in total. The van der Waals surface area contributed by atoms with Crippen LogP contribution in [0.4, 0.5) is 21.7 Å². The number of ether oxygens (including phenoxy) is 1. The summed E-state index contributed by atoms with van der Waals surface area (Å²) in [5.41, 5.74) is 0. The van der Waals surface area contributed by atoms with Gasteiger partial charge in [-0.1, -0.05) is 6.07 Å². The molecule has 0 spiro atoms. The third kappa shape index (κ3) is 5.30. The Bertz CT molecular complexity index is 309. The van der Waals surface area contributed by atoms with Gasteiger partial charge in [0.2, 0.25) is 0 Å². The number of hydrogen-bond acceptors (Lipinski definition) is 1. The topological polar surface area (TPSA) is 9.23 Å². The van der Waals surface area contributed by atoms with Gasteiger partial charge in [-0.2, -0.15) is 0 Å². The summed E-state index contributed by atoms with van der Waals surface area (Å²) in [6, 6.07) is 2.68. The van der Waals surface area contributed by atoms with Crippen molar-refractivity contribution >= 4 is 6.98 Å². The van der Waals surface area contributed by atoms with Crippen molar-refractivity contribution in [1.82, 2.24) is 0 Å². The van der Waals surface area contributed by atoms with Crippen molar-refractivity contribution in [1.29, 1.82) is 0 Å². The summed E-state index contributed by atoms with van der Waals surface area (Å²) in [6.45, 7) is -6.87. The normalized spacial score (nSPS) is 10.7. The number of para-hydroxylation sites is 1. The van der Waals surface area contributed by atoms with E-state index in [9.17, 15) is 21.7 Å². The Labute approximate surface area is 125 Å². The van der Waals surface area contributed by atoms with Gasteiger partial charge in [-0.05, 0) is 12.1 Å². The molecule has 0 bridgehead atoms. The van der Waals surface area contributed by atoms with E-state index in [0.717, 1.165) is 18.2 Å². The Morgan fingerprint density at radius 3 is 1.93 bits per heavy atom. The van der Waals surface area contributed by atoms with Crippen LogP contribution in [0.1, 0.15) is 0 Å². The number of benzene rings is 1. The van der Waals surface area contributed by atoms with Gasteiger partial charge in [0.25, 0.3) is 0 Å². The molecule has 0 aliphatic carbocycles. The molecule has 78 valence electrons. The van der Waals surface area contributed by atoms with Crippen LogP contribution < -0.4 is 56.1 Å². The maximum atomic E-state index is 12.7. The fraction of sp³-hybridized carbons (Fsp3) is 0.143. The van der Waals surface area contributed by atoms with Crippen LogP contribution in [0.5, 0.6) is 5.75 Å². The van der Waals surface area contributed by atoms with Gasteiger partial charge in [0.1, 0.15) is 0 Å². The minimum atomic E-state index is -5.21. The van der Waals surface area contributed by atoms with E-state index in [4.69, 9.17) is 0 Å². The molecule has 0 aromatic heterocycles. The van der Waals surface area contributed by atoms with Gasteiger partial charge < -0.3 is 17.7 Å². The minimum Gasteiger partial charge on any atom is -0.517 e. The van der Waals surface area contributed by atoms with Gasteiger partial charge in [0.15, 0.2) is 17.4 Å². The SMILES string of the molecule is Fc1cccc(F)c1OC[B-](F)(F)F.[K+]. The summed E-state index contributed by atoms with van der Waals surface area (Å²) >= 11 is 0. The quantitative estimate of drug-likeness (QED) is 0.530. The largest absolute Gasteiger partial charge is 1.00 e. The summed E-state index contributed by atoms with van der Waals surface area (Å²) < 4.78 is 64.5. The molecule has 0 amide bonds. The molecule has 0 saturated carbocycles. The molecule has 1 rings (SSSR count). The summed E-state index contributed by atoms with van der Waals surface area (Å²) in [6.07, 6.45) is 0. The minimum absolute atomic E-state index is 0. The molecule has 0 fully saturated rings. The molecule has 1 aromatic carbocycles. The Morgan fingerprint density at radius 1 is 1.07 bits per heavy atom. The van der Waals surface area contributed by atoms with Gasteiger partial charge in [0, 0.05) is 0 Å². The Morgan fingerprint density at radius 2 is 1.53 bits per heavy atom. The van der Waals surface area contributed by atoms with Gasteiger partial charge in [0.05, 0.1) is 6.51 Å². The van der Waals surface area contributed by atoms with Crippen molar-refractivity contribution in [2.24, 2.45) is 0 Å². The Balaban J connectivity index is 0.00000196. The van der Waals surface area contributed by atoms with Crippen LogP contribution in [0, 0.1) is 11.6 Å². The van der Waals surface area contributed by atoms with Crippen LogP contribution in [0.3, 0.4) is 0 Å².